The summed E-state index contributed by atoms with van der Waals surface area (Å²) in [7, 11) is 1.62. The van der Waals surface area contributed by atoms with Crippen molar-refractivity contribution >= 4 is 24.0 Å². The van der Waals surface area contributed by atoms with Gasteiger partial charge in [-0.3, -0.25) is 14.6 Å². The molecule has 1 aliphatic carbocycles. The molecule has 1 heterocycles. The summed E-state index contributed by atoms with van der Waals surface area (Å²) < 4.78 is 0. The van der Waals surface area contributed by atoms with Gasteiger partial charge in [0, 0.05) is 30.8 Å². The Bertz CT molecular complexity index is 1310. The average Bonchev–Trinajstić information content (AvgIpc) is 2.94. The average molecular weight is 526 g/mol. The van der Waals surface area contributed by atoms with Crippen molar-refractivity contribution in [1.29, 1.82) is 0 Å². The molecule has 39 heavy (non-hydrogen) atoms. The summed E-state index contributed by atoms with van der Waals surface area (Å²) in [6, 6.07) is 25.4. The molecule has 5 rings (SSSR count). The molecule has 2 fully saturated rings. The lowest BCUT2D eigenvalue weighted by Crippen LogP contribution is -2.56. The van der Waals surface area contributed by atoms with Crippen LogP contribution in [0.4, 0.5) is 10.5 Å². The number of hydrogen-bond donors (Lipinski definition) is 1. The standard InChI is InChI=1S/C32H35N3O4/c1-33(19-20-36)30(37)26-13-11-24(12-14-26)23-34-17-15-32(16-18-34)21-27(22-32)35(31(38)39)29-10-6-5-9-28(29)25-7-3-2-4-8-25/h2-14,20,27H,15-19,21-23H2,1H3,(H,38,39). The van der Waals surface area contributed by atoms with Crippen molar-refractivity contribution in [1.82, 2.24) is 9.80 Å². The largest absolute Gasteiger partial charge is 0.465 e. The van der Waals surface area contributed by atoms with E-state index in [0.29, 0.717) is 5.56 Å². The number of carboxylic acid groups (broad SMARTS) is 1. The van der Waals surface area contributed by atoms with E-state index in [2.05, 4.69) is 4.90 Å². The lowest BCUT2D eigenvalue weighted by Gasteiger charge is -2.54. The molecule has 1 saturated carbocycles. The molecule has 1 spiro atoms. The quantitative estimate of drug-likeness (QED) is 0.390. The third-order valence-corrected chi connectivity index (χ3v) is 8.38. The minimum absolute atomic E-state index is 0.0126. The summed E-state index contributed by atoms with van der Waals surface area (Å²) >= 11 is 0. The van der Waals surface area contributed by atoms with Gasteiger partial charge in [-0.25, -0.2) is 4.79 Å². The second kappa shape index (κ2) is 11.4. The number of aldehydes is 1. The maximum Gasteiger partial charge on any atom is 0.412 e. The Hall–Kier alpha value is -3.97. The highest BCUT2D eigenvalue weighted by molar-refractivity contribution is 5.95. The Morgan fingerprint density at radius 1 is 0.949 bits per heavy atom. The summed E-state index contributed by atoms with van der Waals surface area (Å²) in [4.78, 5) is 40.9. The monoisotopic (exact) mass is 525 g/mol. The third kappa shape index (κ3) is 5.73. The van der Waals surface area contributed by atoms with Crippen molar-refractivity contribution in [3.05, 3.63) is 90.0 Å². The highest BCUT2D eigenvalue weighted by Crippen LogP contribution is 2.52. The molecule has 0 radical (unpaired) electrons. The number of nitrogens with zero attached hydrogens (tertiary/aromatic N) is 3. The number of likely N-dealkylation sites (tertiary alicyclic amines) is 1. The van der Waals surface area contributed by atoms with Crippen LogP contribution in [-0.2, 0) is 11.3 Å². The first-order valence-electron chi connectivity index (χ1n) is 13.6. The lowest BCUT2D eigenvalue weighted by molar-refractivity contribution is -0.108. The number of carbonyl (C=O) groups excluding carboxylic acids is 2. The minimum atomic E-state index is -0.894. The van der Waals surface area contributed by atoms with Gasteiger partial charge in [0.05, 0.1) is 12.2 Å². The lowest BCUT2D eigenvalue weighted by atomic mass is 9.60. The van der Waals surface area contributed by atoms with Gasteiger partial charge in [-0.2, -0.15) is 0 Å². The van der Waals surface area contributed by atoms with Crippen LogP contribution in [0.1, 0.15) is 41.6 Å². The number of rotatable bonds is 8. The highest BCUT2D eigenvalue weighted by atomic mass is 16.4. The summed E-state index contributed by atoms with van der Waals surface area (Å²) in [5.74, 6) is -0.158. The zero-order valence-corrected chi connectivity index (χ0v) is 22.3. The Morgan fingerprint density at radius 2 is 1.59 bits per heavy atom. The van der Waals surface area contributed by atoms with Crippen molar-refractivity contribution in [3.63, 3.8) is 0 Å². The molecule has 3 aromatic rings. The van der Waals surface area contributed by atoms with Crippen LogP contribution in [0.2, 0.25) is 0 Å². The number of anilines is 1. The predicted octanol–water partition coefficient (Wildman–Crippen LogP) is 5.55. The highest BCUT2D eigenvalue weighted by Gasteiger charge is 2.49. The van der Waals surface area contributed by atoms with Gasteiger partial charge in [0.25, 0.3) is 5.91 Å². The van der Waals surface area contributed by atoms with Crippen molar-refractivity contribution < 1.29 is 19.5 Å². The SMILES string of the molecule is CN(CC=O)C(=O)c1ccc(CN2CCC3(CC2)CC(N(C(=O)O)c2ccccc2-c2ccccc2)C3)cc1. The molecule has 0 unspecified atom stereocenters. The van der Waals surface area contributed by atoms with E-state index in [0.717, 1.165) is 74.0 Å². The molecule has 7 heteroatoms. The van der Waals surface area contributed by atoms with E-state index < -0.39 is 6.09 Å². The van der Waals surface area contributed by atoms with Crippen LogP contribution in [0.25, 0.3) is 11.1 Å². The molecule has 1 saturated heterocycles. The van der Waals surface area contributed by atoms with E-state index in [1.807, 2.05) is 78.9 Å². The summed E-state index contributed by atoms with van der Waals surface area (Å²) in [5.41, 5.74) is 4.66. The molecule has 0 aromatic heterocycles. The zero-order chi connectivity index (χ0) is 27.4. The van der Waals surface area contributed by atoms with Gasteiger partial charge in [-0.15, -0.1) is 0 Å². The predicted molar refractivity (Wildman–Crippen MR) is 152 cm³/mol. The van der Waals surface area contributed by atoms with E-state index in [1.165, 1.54) is 4.90 Å². The first-order valence-corrected chi connectivity index (χ1v) is 13.6. The van der Waals surface area contributed by atoms with Crippen molar-refractivity contribution in [2.75, 3.05) is 31.6 Å². The Morgan fingerprint density at radius 3 is 2.23 bits per heavy atom. The molecular formula is C32H35N3O4. The van der Waals surface area contributed by atoms with Gasteiger partial charge in [0.15, 0.2) is 0 Å². The van der Waals surface area contributed by atoms with E-state index >= 15 is 0 Å². The van der Waals surface area contributed by atoms with Crippen LogP contribution in [0.3, 0.4) is 0 Å². The summed E-state index contributed by atoms with van der Waals surface area (Å²) in [5, 5.41) is 10.2. The number of benzene rings is 3. The second-order valence-corrected chi connectivity index (χ2v) is 10.9. The number of hydrogen-bond acceptors (Lipinski definition) is 4. The first-order chi connectivity index (χ1) is 18.9. The second-order valence-electron chi connectivity index (χ2n) is 10.9. The molecule has 0 bridgehead atoms. The van der Waals surface area contributed by atoms with Crippen LogP contribution in [-0.4, -0.2) is 65.9 Å². The topological polar surface area (TPSA) is 81.2 Å². The van der Waals surface area contributed by atoms with Gasteiger partial charge < -0.3 is 14.8 Å². The van der Waals surface area contributed by atoms with Crippen LogP contribution in [0, 0.1) is 5.41 Å². The summed E-state index contributed by atoms with van der Waals surface area (Å²) in [6.45, 7) is 2.86. The van der Waals surface area contributed by atoms with Crippen molar-refractivity contribution in [2.45, 2.75) is 38.3 Å². The Kier molecular flexibility index (Phi) is 7.79. The molecule has 0 atom stereocenters. The molecule has 2 amide bonds. The normalized spacial score (nSPS) is 16.8. The fourth-order valence-corrected chi connectivity index (χ4v) is 6.14. The molecule has 1 N–H and O–H groups in total. The number of piperidine rings is 1. The van der Waals surface area contributed by atoms with Gasteiger partial charge >= 0.3 is 6.09 Å². The third-order valence-electron chi connectivity index (χ3n) is 8.38. The van der Waals surface area contributed by atoms with E-state index in [1.54, 1.807) is 11.9 Å². The number of para-hydroxylation sites is 1. The molecule has 7 nitrogen and oxygen atoms in total. The van der Waals surface area contributed by atoms with E-state index in [-0.39, 0.29) is 23.9 Å². The van der Waals surface area contributed by atoms with Gasteiger partial charge in [0.2, 0.25) is 0 Å². The smallest absolute Gasteiger partial charge is 0.412 e. The van der Waals surface area contributed by atoms with Crippen molar-refractivity contribution in [2.24, 2.45) is 5.41 Å². The maximum absolute atomic E-state index is 12.5. The van der Waals surface area contributed by atoms with Gasteiger partial charge in [-0.1, -0.05) is 60.7 Å². The molecule has 202 valence electrons. The number of carbonyl (C=O) groups is 3. The van der Waals surface area contributed by atoms with Gasteiger partial charge in [0.1, 0.15) is 6.29 Å². The number of likely N-dealkylation sites (N-methyl/N-ethyl adjacent to an activating group) is 1. The zero-order valence-electron chi connectivity index (χ0n) is 22.3. The van der Waals surface area contributed by atoms with Crippen molar-refractivity contribution in [3.8, 4) is 11.1 Å². The van der Waals surface area contributed by atoms with Crippen LogP contribution < -0.4 is 4.90 Å². The fraction of sp³-hybridized carbons (Fsp3) is 0.344. The molecule has 1 aliphatic heterocycles. The Labute approximate surface area is 229 Å². The van der Waals surface area contributed by atoms with E-state index in [9.17, 15) is 19.5 Å². The van der Waals surface area contributed by atoms with Gasteiger partial charge in [-0.05, 0) is 73.5 Å². The minimum Gasteiger partial charge on any atom is -0.465 e. The van der Waals surface area contributed by atoms with E-state index in [4.69, 9.17) is 0 Å². The fourth-order valence-electron chi connectivity index (χ4n) is 6.14. The van der Waals surface area contributed by atoms with Crippen LogP contribution >= 0.6 is 0 Å². The molecule has 3 aromatic carbocycles. The first kappa shape index (κ1) is 26.6. The number of amides is 2. The Balaban J connectivity index is 1.18. The maximum atomic E-state index is 12.5. The van der Waals surface area contributed by atoms with Crippen LogP contribution in [0.15, 0.2) is 78.9 Å². The molecular weight excluding hydrogens is 490 g/mol. The summed E-state index contributed by atoms with van der Waals surface area (Å²) in [6.07, 6.45) is 3.73. The molecule has 2 aliphatic rings. The van der Waals surface area contributed by atoms with Crippen LogP contribution in [0.5, 0.6) is 0 Å².